The van der Waals surface area contributed by atoms with Crippen molar-refractivity contribution in [3.63, 3.8) is 0 Å². The van der Waals surface area contributed by atoms with Gasteiger partial charge in [-0.2, -0.15) is 0 Å². The Balaban J connectivity index is 2.61. The molecule has 0 bridgehead atoms. The van der Waals surface area contributed by atoms with Crippen LogP contribution in [0.5, 0.6) is 0 Å². The molecule has 1 aromatic rings. The van der Waals surface area contributed by atoms with Crippen LogP contribution in [-0.2, 0) is 10.2 Å². The maximum atomic E-state index is 12.2. The average Bonchev–Trinajstić information content (AvgIpc) is 2.35. The van der Waals surface area contributed by atoms with Gasteiger partial charge in [0.15, 0.2) is 0 Å². The molecule has 1 aromatic carbocycles. The largest absolute Gasteiger partial charge is 0.399 e. The van der Waals surface area contributed by atoms with Gasteiger partial charge in [0.2, 0.25) is 5.91 Å². The van der Waals surface area contributed by atoms with E-state index in [0.717, 1.165) is 37.1 Å². The molecule has 0 spiro atoms. The molecule has 3 nitrogen and oxygen atoms in total. The minimum absolute atomic E-state index is 0.0726. The summed E-state index contributed by atoms with van der Waals surface area (Å²) in [6.45, 7) is 6.78. The summed E-state index contributed by atoms with van der Waals surface area (Å²) in [5.74, 6) is 0.0726. The summed E-state index contributed by atoms with van der Waals surface area (Å²) < 4.78 is 0. The molecule has 0 atom stereocenters. The molecule has 1 amide bonds. The van der Waals surface area contributed by atoms with Crippen molar-refractivity contribution >= 4 is 11.6 Å². The minimum atomic E-state index is -0.514. The summed E-state index contributed by atoms with van der Waals surface area (Å²) in [6.07, 6.45) is 3.36. The Labute approximate surface area is 110 Å². The fraction of sp³-hybridized carbons (Fsp3) is 0.533. The number of hydrogen-bond acceptors (Lipinski definition) is 2. The van der Waals surface area contributed by atoms with Gasteiger partial charge in [0.05, 0.1) is 5.41 Å². The standard InChI is InChI=1S/C15H24N2O/c1-4-5-6-11-17-14(18)15(2,3)12-7-9-13(16)10-8-12/h7-10H,4-6,11,16H2,1-3H3,(H,17,18). The fourth-order valence-electron chi connectivity index (χ4n) is 1.83. The fourth-order valence-corrected chi connectivity index (χ4v) is 1.83. The van der Waals surface area contributed by atoms with Gasteiger partial charge in [-0.3, -0.25) is 4.79 Å². The molecule has 0 saturated carbocycles. The van der Waals surface area contributed by atoms with Gasteiger partial charge in [-0.25, -0.2) is 0 Å². The maximum Gasteiger partial charge on any atom is 0.230 e. The summed E-state index contributed by atoms with van der Waals surface area (Å²) >= 11 is 0. The van der Waals surface area contributed by atoms with Gasteiger partial charge in [0.1, 0.15) is 0 Å². The third-order valence-electron chi connectivity index (χ3n) is 3.27. The van der Waals surface area contributed by atoms with E-state index in [9.17, 15) is 4.79 Å². The quantitative estimate of drug-likeness (QED) is 0.601. The summed E-state index contributed by atoms with van der Waals surface area (Å²) in [4.78, 5) is 12.2. The second kappa shape index (κ2) is 6.43. The topological polar surface area (TPSA) is 55.1 Å². The van der Waals surface area contributed by atoms with Crippen molar-refractivity contribution in [2.24, 2.45) is 0 Å². The van der Waals surface area contributed by atoms with Crippen molar-refractivity contribution in [1.29, 1.82) is 0 Å². The van der Waals surface area contributed by atoms with Crippen LogP contribution in [0.3, 0.4) is 0 Å². The lowest BCUT2D eigenvalue weighted by atomic mass is 9.83. The molecular weight excluding hydrogens is 224 g/mol. The first-order valence-electron chi connectivity index (χ1n) is 6.62. The normalized spacial score (nSPS) is 11.3. The van der Waals surface area contributed by atoms with Crippen molar-refractivity contribution in [2.45, 2.75) is 45.4 Å². The van der Waals surface area contributed by atoms with Gasteiger partial charge < -0.3 is 11.1 Å². The van der Waals surface area contributed by atoms with Crippen LogP contribution in [0.2, 0.25) is 0 Å². The number of anilines is 1. The Morgan fingerprint density at radius 3 is 2.39 bits per heavy atom. The van der Waals surface area contributed by atoms with E-state index in [1.54, 1.807) is 0 Å². The van der Waals surface area contributed by atoms with Crippen molar-refractivity contribution in [3.05, 3.63) is 29.8 Å². The van der Waals surface area contributed by atoms with Crippen LogP contribution in [0.15, 0.2) is 24.3 Å². The van der Waals surface area contributed by atoms with Crippen LogP contribution in [-0.4, -0.2) is 12.5 Å². The van der Waals surface area contributed by atoms with E-state index < -0.39 is 5.41 Å². The third kappa shape index (κ3) is 3.76. The molecule has 0 heterocycles. The molecule has 0 fully saturated rings. The number of nitrogen functional groups attached to an aromatic ring is 1. The van der Waals surface area contributed by atoms with E-state index in [1.807, 2.05) is 38.1 Å². The number of nitrogens with two attached hydrogens (primary N) is 1. The predicted octanol–water partition coefficient (Wildman–Crippen LogP) is 2.85. The number of carbonyl (C=O) groups is 1. The number of rotatable bonds is 6. The average molecular weight is 248 g/mol. The van der Waals surface area contributed by atoms with Crippen molar-refractivity contribution in [1.82, 2.24) is 5.32 Å². The molecule has 100 valence electrons. The molecule has 0 aliphatic carbocycles. The molecular formula is C15H24N2O. The lowest BCUT2D eigenvalue weighted by Crippen LogP contribution is -2.40. The van der Waals surface area contributed by atoms with Crippen LogP contribution in [0.25, 0.3) is 0 Å². The van der Waals surface area contributed by atoms with Crippen LogP contribution in [0, 0.1) is 0 Å². The van der Waals surface area contributed by atoms with Gasteiger partial charge in [0, 0.05) is 12.2 Å². The second-order valence-corrected chi connectivity index (χ2v) is 5.21. The Morgan fingerprint density at radius 1 is 1.22 bits per heavy atom. The van der Waals surface area contributed by atoms with Crippen LogP contribution in [0.1, 0.15) is 45.6 Å². The number of nitrogens with one attached hydrogen (secondary N) is 1. The lowest BCUT2D eigenvalue weighted by molar-refractivity contribution is -0.125. The summed E-state index contributed by atoms with van der Waals surface area (Å²) in [7, 11) is 0. The zero-order valence-corrected chi connectivity index (χ0v) is 11.6. The van der Waals surface area contributed by atoms with E-state index in [0.29, 0.717) is 0 Å². The highest BCUT2D eigenvalue weighted by Crippen LogP contribution is 2.24. The highest BCUT2D eigenvalue weighted by molar-refractivity contribution is 5.87. The zero-order valence-electron chi connectivity index (χ0n) is 11.6. The van der Waals surface area contributed by atoms with E-state index in [1.165, 1.54) is 0 Å². The number of benzene rings is 1. The number of carbonyl (C=O) groups excluding carboxylic acids is 1. The predicted molar refractivity (Wildman–Crippen MR) is 76.4 cm³/mol. The minimum Gasteiger partial charge on any atom is -0.399 e. The molecule has 0 aromatic heterocycles. The highest BCUT2D eigenvalue weighted by Gasteiger charge is 2.29. The number of amides is 1. The Bertz CT molecular complexity index is 382. The number of hydrogen-bond donors (Lipinski definition) is 2. The molecule has 0 radical (unpaired) electrons. The van der Waals surface area contributed by atoms with E-state index >= 15 is 0 Å². The Kier molecular flexibility index (Phi) is 5.20. The monoisotopic (exact) mass is 248 g/mol. The molecule has 1 rings (SSSR count). The SMILES string of the molecule is CCCCCNC(=O)C(C)(C)c1ccc(N)cc1. The number of unbranched alkanes of at least 4 members (excludes halogenated alkanes) is 2. The van der Waals surface area contributed by atoms with Crippen molar-refractivity contribution in [3.8, 4) is 0 Å². The maximum absolute atomic E-state index is 12.2. The van der Waals surface area contributed by atoms with Crippen LogP contribution in [0.4, 0.5) is 5.69 Å². The lowest BCUT2D eigenvalue weighted by Gasteiger charge is -2.24. The first-order chi connectivity index (χ1) is 8.48. The van der Waals surface area contributed by atoms with E-state index in [4.69, 9.17) is 5.73 Å². The molecule has 3 N–H and O–H groups in total. The van der Waals surface area contributed by atoms with Gasteiger partial charge in [-0.15, -0.1) is 0 Å². The van der Waals surface area contributed by atoms with Gasteiger partial charge in [-0.05, 0) is 38.0 Å². The molecule has 0 unspecified atom stereocenters. The first kappa shape index (κ1) is 14.6. The van der Waals surface area contributed by atoms with Gasteiger partial charge in [0.25, 0.3) is 0 Å². The molecule has 3 heteroatoms. The second-order valence-electron chi connectivity index (χ2n) is 5.21. The van der Waals surface area contributed by atoms with Crippen LogP contribution < -0.4 is 11.1 Å². The molecule has 0 aliphatic rings. The smallest absolute Gasteiger partial charge is 0.230 e. The Morgan fingerprint density at radius 2 is 1.83 bits per heavy atom. The van der Waals surface area contributed by atoms with E-state index in [2.05, 4.69) is 12.2 Å². The van der Waals surface area contributed by atoms with E-state index in [-0.39, 0.29) is 5.91 Å². The third-order valence-corrected chi connectivity index (χ3v) is 3.27. The van der Waals surface area contributed by atoms with Gasteiger partial charge >= 0.3 is 0 Å². The Hall–Kier alpha value is -1.51. The van der Waals surface area contributed by atoms with Crippen LogP contribution >= 0.6 is 0 Å². The van der Waals surface area contributed by atoms with Crippen molar-refractivity contribution in [2.75, 3.05) is 12.3 Å². The van der Waals surface area contributed by atoms with Gasteiger partial charge in [-0.1, -0.05) is 31.9 Å². The molecule has 18 heavy (non-hydrogen) atoms. The summed E-state index contributed by atoms with van der Waals surface area (Å²) in [5, 5.41) is 3.00. The summed E-state index contributed by atoms with van der Waals surface area (Å²) in [6, 6.07) is 7.50. The zero-order chi connectivity index (χ0) is 13.6. The van der Waals surface area contributed by atoms with Crippen molar-refractivity contribution < 1.29 is 4.79 Å². The highest BCUT2D eigenvalue weighted by atomic mass is 16.2. The first-order valence-corrected chi connectivity index (χ1v) is 6.62. The molecule has 0 saturated heterocycles. The molecule has 0 aliphatic heterocycles. The summed E-state index contributed by atoms with van der Waals surface area (Å²) in [5.41, 5.74) is 6.86.